The number of aromatic nitrogens is 3. The van der Waals surface area contributed by atoms with Gasteiger partial charge in [-0.2, -0.15) is 0 Å². The summed E-state index contributed by atoms with van der Waals surface area (Å²) < 4.78 is 7.48. The van der Waals surface area contributed by atoms with Crippen LogP contribution in [0.4, 0.5) is 5.82 Å². The summed E-state index contributed by atoms with van der Waals surface area (Å²) in [6.07, 6.45) is 4.24. The Kier molecular flexibility index (Phi) is 5.36. The molecule has 2 aromatic rings. The van der Waals surface area contributed by atoms with Crippen LogP contribution >= 0.6 is 0 Å². The van der Waals surface area contributed by atoms with Crippen molar-refractivity contribution in [2.75, 3.05) is 45.3 Å². The third-order valence-electron chi connectivity index (χ3n) is 4.87. The molecule has 0 unspecified atom stereocenters. The van der Waals surface area contributed by atoms with Gasteiger partial charge in [0.05, 0.1) is 18.5 Å². The van der Waals surface area contributed by atoms with E-state index in [-0.39, 0.29) is 0 Å². The van der Waals surface area contributed by atoms with Crippen LogP contribution in [-0.4, -0.2) is 54.9 Å². The molecule has 24 heavy (non-hydrogen) atoms. The van der Waals surface area contributed by atoms with Gasteiger partial charge in [-0.05, 0) is 45.8 Å². The first-order chi connectivity index (χ1) is 11.6. The largest absolute Gasteiger partial charge is 0.383 e. The van der Waals surface area contributed by atoms with Crippen molar-refractivity contribution in [2.45, 2.75) is 38.6 Å². The van der Waals surface area contributed by atoms with Gasteiger partial charge in [0.25, 0.3) is 0 Å². The fourth-order valence-corrected chi connectivity index (χ4v) is 3.37. The minimum Gasteiger partial charge on any atom is -0.383 e. The Bertz CT molecular complexity index is 675. The van der Waals surface area contributed by atoms with Crippen molar-refractivity contribution in [2.24, 2.45) is 0 Å². The highest BCUT2D eigenvalue weighted by Crippen LogP contribution is 2.31. The first-order valence-corrected chi connectivity index (χ1v) is 8.90. The number of anilines is 1. The second-order valence-electron chi connectivity index (χ2n) is 6.92. The Morgan fingerprint density at radius 3 is 2.79 bits per heavy atom. The van der Waals surface area contributed by atoms with E-state index in [0.717, 1.165) is 43.8 Å². The standard InChI is InChI=1S/C18H29N5O/c1-13(2)23-12-20-17-16(23)11-15(14-5-7-19-8-6-14)21-18(17)22(3)9-10-24-4/h11-14,19H,5-10H2,1-4H3. The maximum absolute atomic E-state index is 5.23. The van der Waals surface area contributed by atoms with Gasteiger partial charge in [0, 0.05) is 38.4 Å². The quantitative estimate of drug-likeness (QED) is 0.882. The molecule has 0 amide bonds. The molecule has 0 spiro atoms. The van der Waals surface area contributed by atoms with Crippen LogP contribution in [0.25, 0.3) is 11.0 Å². The second-order valence-corrected chi connectivity index (χ2v) is 6.92. The summed E-state index contributed by atoms with van der Waals surface area (Å²) in [6, 6.07) is 2.64. The fraction of sp³-hybridized carbons (Fsp3) is 0.667. The topological polar surface area (TPSA) is 55.2 Å². The van der Waals surface area contributed by atoms with Gasteiger partial charge < -0.3 is 19.5 Å². The van der Waals surface area contributed by atoms with Crippen molar-refractivity contribution in [1.29, 1.82) is 0 Å². The summed E-state index contributed by atoms with van der Waals surface area (Å²) >= 11 is 0. The number of rotatable bonds is 6. The van der Waals surface area contributed by atoms with E-state index in [2.05, 4.69) is 46.7 Å². The first-order valence-electron chi connectivity index (χ1n) is 8.90. The van der Waals surface area contributed by atoms with Crippen LogP contribution in [0.15, 0.2) is 12.4 Å². The zero-order chi connectivity index (χ0) is 17.1. The average molecular weight is 331 g/mol. The van der Waals surface area contributed by atoms with Crippen molar-refractivity contribution < 1.29 is 4.74 Å². The zero-order valence-electron chi connectivity index (χ0n) is 15.2. The molecule has 1 fully saturated rings. The maximum Gasteiger partial charge on any atom is 0.156 e. The summed E-state index contributed by atoms with van der Waals surface area (Å²) in [5, 5.41) is 3.44. The molecule has 2 aromatic heterocycles. The lowest BCUT2D eigenvalue weighted by Gasteiger charge is -2.25. The molecule has 1 aliphatic heterocycles. The minimum absolute atomic E-state index is 0.385. The highest BCUT2D eigenvalue weighted by molar-refractivity contribution is 5.87. The number of pyridine rings is 1. The van der Waals surface area contributed by atoms with E-state index in [1.807, 2.05) is 6.33 Å². The smallest absolute Gasteiger partial charge is 0.156 e. The fourth-order valence-electron chi connectivity index (χ4n) is 3.37. The van der Waals surface area contributed by atoms with Crippen LogP contribution in [0.3, 0.4) is 0 Å². The van der Waals surface area contributed by atoms with Gasteiger partial charge >= 0.3 is 0 Å². The van der Waals surface area contributed by atoms with E-state index >= 15 is 0 Å². The second kappa shape index (κ2) is 7.49. The molecule has 132 valence electrons. The Morgan fingerprint density at radius 1 is 1.38 bits per heavy atom. The Labute approximate surface area is 144 Å². The lowest BCUT2D eigenvalue weighted by Crippen LogP contribution is -2.28. The van der Waals surface area contributed by atoms with Crippen LogP contribution in [-0.2, 0) is 4.74 Å². The lowest BCUT2D eigenvalue weighted by atomic mass is 9.94. The van der Waals surface area contributed by atoms with E-state index in [0.29, 0.717) is 18.6 Å². The third-order valence-corrected chi connectivity index (χ3v) is 4.87. The van der Waals surface area contributed by atoms with Crippen molar-refractivity contribution >= 4 is 16.9 Å². The molecule has 0 saturated carbocycles. The molecule has 3 heterocycles. The predicted octanol–water partition coefficient (Wildman–Crippen LogP) is 2.56. The van der Waals surface area contributed by atoms with Crippen LogP contribution in [0.5, 0.6) is 0 Å². The zero-order valence-corrected chi connectivity index (χ0v) is 15.2. The van der Waals surface area contributed by atoms with Gasteiger partial charge in [-0.15, -0.1) is 0 Å². The molecule has 6 heteroatoms. The molecular formula is C18H29N5O. The SMILES string of the molecule is COCCN(C)c1nc(C2CCNCC2)cc2c1ncn2C(C)C. The number of hydrogen-bond donors (Lipinski definition) is 1. The average Bonchev–Trinajstić information content (AvgIpc) is 3.03. The number of piperidine rings is 1. The van der Waals surface area contributed by atoms with Gasteiger partial charge in [0.15, 0.2) is 5.82 Å². The number of nitrogens with one attached hydrogen (secondary N) is 1. The van der Waals surface area contributed by atoms with Crippen LogP contribution in [0, 0.1) is 0 Å². The van der Waals surface area contributed by atoms with Gasteiger partial charge in [-0.3, -0.25) is 0 Å². The Hall–Kier alpha value is -1.66. The van der Waals surface area contributed by atoms with Gasteiger partial charge in [-0.25, -0.2) is 9.97 Å². The summed E-state index contributed by atoms with van der Waals surface area (Å²) in [5.74, 6) is 1.50. The summed E-state index contributed by atoms with van der Waals surface area (Å²) in [6.45, 7) is 8.02. The van der Waals surface area contributed by atoms with Crippen molar-refractivity contribution in [3.8, 4) is 0 Å². The number of nitrogens with zero attached hydrogens (tertiary/aromatic N) is 4. The molecule has 1 aliphatic rings. The molecule has 0 radical (unpaired) electrons. The first kappa shape index (κ1) is 17.2. The number of methoxy groups -OCH3 is 1. The number of likely N-dealkylation sites (N-methyl/N-ethyl adjacent to an activating group) is 1. The van der Waals surface area contributed by atoms with E-state index in [1.165, 1.54) is 11.2 Å². The van der Waals surface area contributed by atoms with Crippen molar-refractivity contribution in [3.05, 3.63) is 18.1 Å². The lowest BCUT2D eigenvalue weighted by molar-refractivity contribution is 0.206. The molecule has 1 saturated heterocycles. The molecular weight excluding hydrogens is 302 g/mol. The van der Waals surface area contributed by atoms with E-state index < -0.39 is 0 Å². The van der Waals surface area contributed by atoms with Gasteiger partial charge in [-0.1, -0.05) is 0 Å². The highest BCUT2D eigenvalue weighted by atomic mass is 16.5. The maximum atomic E-state index is 5.23. The van der Waals surface area contributed by atoms with E-state index in [1.54, 1.807) is 7.11 Å². The minimum atomic E-state index is 0.385. The van der Waals surface area contributed by atoms with Crippen LogP contribution in [0.2, 0.25) is 0 Å². The molecule has 3 rings (SSSR count). The molecule has 0 aromatic carbocycles. The molecule has 0 atom stereocenters. The summed E-state index contributed by atoms with van der Waals surface area (Å²) in [7, 11) is 3.80. The molecule has 1 N–H and O–H groups in total. The van der Waals surface area contributed by atoms with Gasteiger partial charge in [0.2, 0.25) is 0 Å². The van der Waals surface area contributed by atoms with Crippen LogP contribution < -0.4 is 10.2 Å². The van der Waals surface area contributed by atoms with E-state index in [9.17, 15) is 0 Å². The van der Waals surface area contributed by atoms with Gasteiger partial charge in [0.1, 0.15) is 5.52 Å². The van der Waals surface area contributed by atoms with E-state index in [4.69, 9.17) is 9.72 Å². The number of ether oxygens (including phenoxy) is 1. The molecule has 0 bridgehead atoms. The Balaban J connectivity index is 2.06. The number of fused-ring (bicyclic) bond motifs is 1. The van der Waals surface area contributed by atoms with Crippen LogP contribution in [0.1, 0.15) is 44.3 Å². The molecule has 6 nitrogen and oxygen atoms in total. The van der Waals surface area contributed by atoms with Crippen molar-refractivity contribution in [3.63, 3.8) is 0 Å². The summed E-state index contributed by atoms with van der Waals surface area (Å²) in [4.78, 5) is 11.8. The third kappa shape index (κ3) is 3.39. The number of hydrogen-bond acceptors (Lipinski definition) is 5. The monoisotopic (exact) mass is 331 g/mol. The molecule has 0 aliphatic carbocycles. The summed E-state index contributed by atoms with van der Waals surface area (Å²) in [5.41, 5.74) is 3.37. The highest BCUT2D eigenvalue weighted by Gasteiger charge is 2.22. The van der Waals surface area contributed by atoms with Crippen molar-refractivity contribution in [1.82, 2.24) is 19.9 Å². The Morgan fingerprint density at radius 2 is 2.12 bits per heavy atom. The number of imidazole rings is 1. The predicted molar refractivity (Wildman–Crippen MR) is 97.9 cm³/mol. The normalized spacial score (nSPS) is 16.2.